The fourth-order valence-electron chi connectivity index (χ4n) is 0.666. The number of hydrogen-bond acceptors (Lipinski definition) is 4. The molecule has 18 heavy (non-hydrogen) atoms. The minimum Gasteiger partial charge on any atom is -0.460 e. The number of carbonyl (C=O) groups is 1. The molecule has 0 spiro atoms. The normalized spacial score (nSPS) is 11.7. The molecule has 0 saturated heterocycles. The molecular formula is C12H24O5P+. The van der Waals surface area contributed by atoms with Crippen LogP contribution in [0.3, 0.4) is 0 Å². The van der Waals surface area contributed by atoms with Gasteiger partial charge in [-0.2, -0.15) is 0 Å². The maximum absolute atomic E-state index is 11.0. The number of carbonyl (C=O) groups excluding carboxylic acids is 1. The molecule has 5 nitrogen and oxygen atoms in total. The van der Waals surface area contributed by atoms with E-state index in [1.54, 1.807) is 20.8 Å². The van der Waals surface area contributed by atoms with Crippen molar-refractivity contribution in [2.24, 2.45) is 0 Å². The molecule has 0 amide bonds. The van der Waals surface area contributed by atoms with Crippen molar-refractivity contribution < 1.29 is 23.5 Å². The molecule has 0 rings (SSSR count). The molecule has 0 aromatic rings. The summed E-state index contributed by atoms with van der Waals surface area (Å²) in [6.45, 7) is 9.39. The van der Waals surface area contributed by atoms with E-state index in [4.69, 9.17) is 9.63 Å². The summed E-state index contributed by atoms with van der Waals surface area (Å²) in [6.07, 6.45) is 3.70. The SMILES string of the molecule is C/C(=C\C(=O)OC(C)C)CO[P+](=O)O.CCCC. The van der Waals surface area contributed by atoms with Crippen LogP contribution in [0.2, 0.25) is 0 Å². The van der Waals surface area contributed by atoms with E-state index in [9.17, 15) is 9.36 Å². The Labute approximate surface area is 110 Å². The molecule has 0 aliphatic carbocycles. The Morgan fingerprint density at radius 3 is 2.17 bits per heavy atom. The largest absolute Gasteiger partial charge is 0.695 e. The average Bonchev–Trinajstić information content (AvgIpc) is 2.25. The fourth-order valence-corrected chi connectivity index (χ4v) is 0.980. The molecule has 0 aliphatic heterocycles. The van der Waals surface area contributed by atoms with E-state index >= 15 is 0 Å². The summed E-state index contributed by atoms with van der Waals surface area (Å²) in [7, 11) is -2.62. The van der Waals surface area contributed by atoms with Crippen molar-refractivity contribution in [1.82, 2.24) is 0 Å². The van der Waals surface area contributed by atoms with Crippen molar-refractivity contribution in [2.45, 2.75) is 53.6 Å². The van der Waals surface area contributed by atoms with Crippen LogP contribution in [0.15, 0.2) is 11.6 Å². The van der Waals surface area contributed by atoms with Gasteiger partial charge in [-0.3, -0.25) is 0 Å². The second-order valence-electron chi connectivity index (χ2n) is 3.99. The van der Waals surface area contributed by atoms with Crippen molar-refractivity contribution in [2.75, 3.05) is 6.61 Å². The highest BCUT2D eigenvalue weighted by Gasteiger charge is 2.12. The van der Waals surface area contributed by atoms with E-state index in [1.165, 1.54) is 18.9 Å². The fraction of sp³-hybridized carbons (Fsp3) is 0.750. The third-order valence-electron chi connectivity index (χ3n) is 1.62. The first-order valence-electron chi connectivity index (χ1n) is 6.00. The van der Waals surface area contributed by atoms with Gasteiger partial charge < -0.3 is 4.74 Å². The number of esters is 1. The van der Waals surface area contributed by atoms with Gasteiger partial charge in [0.05, 0.1) is 6.10 Å². The van der Waals surface area contributed by atoms with Gasteiger partial charge >= 0.3 is 14.2 Å². The van der Waals surface area contributed by atoms with Crippen LogP contribution in [0.25, 0.3) is 0 Å². The second kappa shape index (κ2) is 12.7. The van der Waals surface area contributed by atoms with Gasteiger partial charge in [-0.1, -0.05) is 26.7 Å². The van der Waals surface area contributed by atoms with Crippen molar-refractivity contribution in [3.63, 3.8) is 0 Å². The Balaban J connectivity index is 0. The molecule has 0 bridgehead atoms. The smallest absolute Gasteiger partial charge is 0.460 e. The number of ether oxygens (including phenoxy) is 1. The minimum absolute atomic E-state index is 0.0566. The highest BCUT2D eigenvalue weighted by atomic mass is 31.1. The molecule has 0 heterocycles. The van der Waals surface area contributed by atoms with Gasteiger partial charge in [0.15, 0.2) is 0 Å². The van der Waals surface area contributed by atoms with E-state index in [1.807, 2.05) is 0 Å². The Kier molecular flexibility index (Phi) is 13.8. The molecule has 1 unspecified atom stereocenters. The average molecular weight is 279 g/mol. The number of unbranched alkanes of at least 4 members (excludes halogenated alkanes) is 1. The van der Waals surface area contributed by atoms with Gasteiger partial charge in [-0.25, -0.2) is 4.79 Å². The van der Waals surface area contributed by atoms with Crippen LogP contribution < -0.4 is 0 Å². The molecule has 1 atom stereocenters. The molecular weight excluding hydrogens is 255 g/mol. The van der Waals surface area contributed by atoms with Crippen LogP contribution >= 0.6 is 8.25 Å². The lowest BCUT2D eigenvalue weighted by molar-refractivity contribution is -0.141. The Bertz CT molecular complexity index is 272. The third-order valence-corrected chi connectivity index (χ3v) is 1.97. The predicted molar refractivity (Wildman–Crippen MR) is 71.3 cm³/mol. The first kappa shape index (κ1) is 19.6. The zero-order valence-electron chi connectivity index (χ0n) is 11.8. The maximum atomic E-state index is 11.0. The molecule has 0 aliphatic rings. The first-order chi connectivity index (χ1) is 8.33. The minimum atomic E-state index is -2.62. The molecule has 6 heteroatoms. The summed E-state index contributed by atoms with van der Waals surface area (Å²) >= 11 is 0. The van der Waals surface area contributed by atoms with Crippen molar-refractivity contribution >= 4 is 14.2 Å². The predicted octanol–water partition coefficient (Wildman–Crippen LogP) is 3.36. The summed E-state index contributed by atoms with van der Waals surface area (Å²) in [5.41, 5.74) is 0.535. The summed E-state index contributed by atoms with van der Waals surface area (Å²) in [5, 5.41) is 0. The molecule has 0 saturated carbocycles. The standard InChI is InChI=1S/C8H13O5P.C4H10/c1-6(2)13-8(9)4-7(3)5-12-14(10)11;1-3-4-2/h4,6H,5H2,1-3H3;3-4H2,1-2H3/p+1/b7-4+;. The van der Waals surface area contributed by atoms with Crippen molar-refractivity contribution in [3.05, 3.63) is 11.6 Å². The quantitative estimate of drug-likeness (QED) is 0.458. The Hall–Kier alpha value is -0.770. The van der Waals surface area contributed by atoms with Crippen LogP contribution in [-0.4, -0.2) is 23.6 Å². The van der Waals surface area contributed by atoms with E-state index in [2.05, 4.69) is 18.4 Å². The Morgan fingerprint density at radius 2 is 1.83 bits per heavy atom. The zero-order valence-corrected chi connectivity index (χ0v) is 12.7. The molecule has 0 aromatic heterocycles. The van der Waals surface area contributed by atoms with Gasteiger partial charge in [0.25, 0.3) is 0 Å². The lowest BCUT2D eigenvalue weighted by Crippen LogP contribution is -2.09. The lowest BCUT2D eigenvalue weighted by Gasteiger charge is -2.04. The van der Waals surface area contributed by atoms with Gasteiger partial charge in [0, 0.05) is 10.6 Å². The summed E-state index contributed by atoms with van der Waals surface area (Å²) < 4.78 is 19.4. The van der Waals surface area contributed by atoms with Crippen molar-refractivity contribution in [3.8, 4) is 0 Å². The van der Waals surface area contributed by atoms with Crippen LogP contribution in [0.5, 0.6) is 0 Å². The summed E-state index contributed by atoms with van der Waals surface area (Å²) in [6, 6.07) is 0. The molecule has 0 aromatic carbocycles. The van der Waals surface area contributed by atoms with Crippen molar-refractivity contribution in [1.29, 1.82) is 0 Å². The molecule has 106 valence electrons. The first-order valence-corrected chi connectivity index (χ1v) is 7.13. The third kappa shape index (κ3) is 17.6. The maximum Gasteiger partial charge on any atom is 0.695 e. The van der Waals surface area contributed by atoms with Crippen LogP contribution in [-0.2, 0) is 18.6 Å². The highest BCUT2D eigenvalue weighted by molar-refractivity contribution is 7.32. The lowest BCUT2D eigenvalue weighted by atomic mass is 10.3. The van der Waals surface area contributed by atoms with Gasteiger partial charge in [0.1, 0.15) is 6.61 Å². The van der Waals surface area contributed by atoms with Gasteiger partial charge in [-0.05, 0) is 26.3 Å². The Morgan fingerprint density at radius 1 is 1.33 bits per heavy atom. The number of rotatable bonds is 6. The van der Waals surface area contributed by atoms with Gasteiger partial charge in [-0.15, -0.1) is 9.42 Å². The highest BCUT2D eigenvalue weighted by Crippen LogP contribution is 2.15. The van der Waals surface area contributed by atoms with E-state index < -0.39 is 14.2 Å². The molecule has 0 fully saturated rings. The van der Waals surface area contributed by atoms with E-state index in [0.717, 1.165) is 0 Å². The van der Waals surface area contributed by atoms with E-state index in [-0.39, 0.29) is 12.7 Å². The number of hydrogen-bond donors (Lipinski definition) is 1. The summed E-state index contributed by atoms with van der Waals surface area (Å²) in [5.74, 6) is -0.478. The zero-order chi connectivity index (χ0) is 14.6. The molecule has 1 N–H and O–H groups in total. The second-order valence-corrected chi connectivity index (χ2v) is 4.72. The van der Waals surface area contributed by atoms with Gasteiger partial charge in [0.2, 0.25) is 0 Å². The monoisotopic (exact) mass is 279 g/mol. The molecule has 0 radical (unpaired) electrons. The van der Waals surface area contributed by atoms with E-state index in [0.29, 0.717) is 5.57 Å². The van der Waals surface area contributed by atoms with Crippen LogP contribution in [0.4, 0.5) is 0 Å². The topological polar surface area (TPSA) is 72.8 Å². The summed E-state index contributed by atoms with van der Waals surface area (Å²) in [4.78, 5) is 19.3. The van der Waals surface area contributed by atoms with Crippen LogP contribution in [0.1, 0.15) is 47.5 Å². The van der Waals surface area contributed by atoms with Crippen LogP contribution in [0, 0.1) is 0 Å².